The molecule has 0 radical (unpaired) electrons. The molecule has 3 atom stereocenters. The molecule has 11 nitrogen and oxygen atoms in total. The van der Waals surface area contributed by atoms with E-state index in [0.29, 0.717) is 43.9 Å². The van der Waals surface area contributed by atoms with E-state index in [0.717, 1.165) is 29.0 Å². The minimum absolute atomic E-state index is 0. The van der Waals surface area contributed by atoms with Crippen molar-refractivity contribution in [2.24, 2.45) is 11.7 Å². The number of carbonyl (C=O) groups excluding carboxylic acids is 2. The zero-order valence-electron chi connectivity index (χ0n) is 28.1. The Kier molecular flexibility index (Phi) is 25.5. The van der Waals surface area contributed by atoms with Gasteiger partial charge in [-0.1, -0.05) is 24.3 Å². The smallest absolute Gasteiger partial charge is 0.339 e. The number of ether oxygens (including phenoxy) is 5. The van der Waals surface area contributed by atoms with Crippen LogP contribution in [0.15, 0.2) is 60.0 Å². The Balaban J connectivity index is 0. The van der Waals surface area contributed by atoms with Crippen molar-refractivity contribution in [3.05, 3.63) is 71.1 Å². The number of rotatable bonds is 13. The number of benzene rings is 2. The van der Waals surface area contributed by atoms with Gasteiger partial charge >= 0.3 is 11.9 Å². The zero-order valence-corrected chi connectivity index (χ0v) is 29.7. The summed E-state index contributed by atoms with van der Waals surface area (Å²) in [6.07, 6.45) is 2.35. The van der Waals surface area contributed by atoms with Crippen molar-refractivity contribution in [1.82, 2.24) is 5.32 Å². The maximum absolute atomic E-state index is 12.0. The summed E-state index contributed by atoms with van der Waals surface area (Å²) in [4.78, 5) is 23.5. The molecule has 264 valence electrons. The summed E-state index contributed by atoms with van der Waals surface area (Å²) in [5, 5.41) is 19.9. The Hall–Kier alpha value is -3.69. The van der Waals surface area contributed by atoms with Crippen LogP contribution in [0.25, 0.3) is 0 Å². The molecule has 1 unspecified atom stereocenters. The van der Waals surface area contributed by atoms with Crippen molar-refractivity contribution in [3.63, 3.8) is 0 Å². The third-order valence-electron chi connectivity index (χ3n) is 6.58. The van der Waals surface area contributed by atoms with Crippen LogP contribution in [-0.4, -0.2) is 57.7 Å². The molecule has 0 spiro atoms. The van der Waals surface area contributed by atoms with Crippen LogP contribution in [0.3, 0.4) is 0 Å². The molecule has 1 aliphatic rings. The first-order valence-corrected chi connectivity index (χ1v) is 15.2. The lowest BCUT2D eigenvalue weighted by atomic mass is 9.95. The van der Waals surface area contributed by atoms with Gasteiger partial charge in [0.25, 0.3) is 0 Å². The molecule has 0 aliphatic carbocycles. The Morgan fingerprint density at radius 2 is 1.57 bits per heavy atom. The summed E-state index contributed by atoms with van der Waals surface area (Å²) in [5.41, 5.74) is 8.70. The number of aliphatic hydroxyl groups is 1. The molecular weight excluding hydrogens is 649 g/mol. The van der Waals surface area contributed by atoms with Gasteiger partial charge in [-0.15, -0.1) is 12.4 Å². The fourth-order valence-corrected chi connectivity index (χ4v) is 4.38. The van der Waals surface area contributed by atoms with Gasteiger partial charge in [-0.25, -0.2) is 4.79 Å². The summed E-state index contributed by atoms with van der Waals surface area (Å²) < 4.78 is 26.0. The SMILES string of the molecule is CCO.CCOC(=O)C(C#N)CC[C@@H](N)c1cccc(OC)c1.CCOC(=O)C1=C(OCC)N[C@@H](c2cccc(OC)c2)CC1.Cl.[Cl-]. The predicted molar refractivity (Wildman–Crippen MR) is 178 cm³/mol. The van der Waals surface area contributed by atoms with Gasteiger partial charge in [0.2, 0.25) is 0 Å². The highest BCUT2D eigenvalue weighted by molar-refractivity contribution is 5.89. The molecule has 0 saturated carbocycles. The van der Waals surface area contributed by atoms with Crippen LogP contribution in [-0.2, 0) is 23.8 Å². The molecule has 1 aliphatic heterocycles. The van der Waals surface area contributed by atoms with Gasteiger partial charge < -0.3 is 52.2 Å². The molecule has 0 saturated heterocycles. The second-order valence-electron chi connectivity index (χ2n) is 9.68. The average molecular weight is 700 g/mol. The van der Waals surface area contributed by atoms with E-state index in [1.54, 1.807) is 35.0 Å². The second kappa shape index (κ2) is 26.4. The lowest BCUT2D eigenvalue weighted by Crippen LogP contribution is -3.00. The van der Waals surface area contributed by atoms with E-state index in [9.17, 15) is 9.59 Å². The lowest BCUT2D eigenvalue weighted by molar-refractivity contribution is -0.146. The molecule has 2 aromatic rings. The molecule has 2 aromatic carbocycles. The van der Waals surface area contributed by atoms with Gasteiger partial charge in [-0.05, 0) is 88.8 Å². The average Bonchev–Trinajstić information content (AvgIpc) is 3.06. The molecule has 0 bridgehead atoms. The minimum Gasteiger partial charge on any atom is -1.00 e. The van der Waals surface area contributed by atoms with Crippen LogP contribution >= 0.6 is 12.4 Å². The highest BCUT2D eigenvalue weighted by Gasteiger charge is 2.27. The first-order valence-electron chi connectivity index (χ1n) is 15.2. The number of nitriles is 1. The van der Waals surface area contributed by atoms with E-state index < -0.39 is 11.9 Å². The molecule has 3 rings (SSSR count). The standard InChI is InChI=1S/C17H23NO4.C15H20N2O3.C2H6O.2ClH/c1-4-21-16-14(17(19)22-5-2)9-10-15(18-16)12-7-6-8-13(11-12)20-3;1-3-20-15(18)12(10-16)7-8-14(17)11-5-4-6-13(9-11)19-2;1-2-3;;/h6-8,11,15,18H,4-5,9-10H2,1-3H3;4-6,9,12,14H,3,7-8,17H2,1-2H3;3H,2H2,1H3;2*1H/p-1/t15-;12?,14-;;;/m11.../s1. The van der Waals surface area contributed by atoms with Gasteiger partial charge in [0.1, 0.15) is 17.4 Å². The van der Waals surface area contributed by atoms with Gasteiger partial charge in [0, 0.05) is 12.6 Å². The van der Waals surface area contributed by atoms with Crippen LogP contribution in [0.4, 0.5) is 0 Å². The summed E-state index contributed by atoms with van der Waals surface area (Å²) in [7, 11) is 3.24. The number of halogens is 2. The molecule has 4 N–H and O–H groups in total. The number of hydrogen-bond acceptors (Lipinski definition) is 11. The van der Waals surface area contributed by atoms with Gasteiger partial charge in [-0.2, -0.15) is 5.26 Å². The number of esters is 2. The Morgan fingerprint density at radius 1 is 0.979 bits per heavy atom. The van der Waals surface area contributed by atoms with Crippen LogP contribution in [0.1, 0.15) is 76.6 Å². The number of nitrogens with zero attached hydrogens (tertiary/aromatic N) is 1. The molecular formula is C34H50Cl2N3O8-. The van der Waals surface area contributed by atoms with Crippen LogP contribution in [0.2, 0.25) is 0 Å². The topological polar surface area (TPSA) is 162 Å². The number of aliphatic hydroxyl groups excluding tert-OH is 1. The minimum atomic E-state index is -0.758. The van der Waals surface area contributed by atoms with Crippen molar-refractivity contribution < 1.29 is 50.8 Å². The quantitative estimate of drug-likeness (QED) is 0.264. The normalized spacial score (nSPS) is 14.2. The van der Waals surface area contributed by atoms with Gasteiger partial charge in [0.15, 0.2) is 5.88 Å². The predicted octanol–water partition coefficient (Wildman–Crippen LogP) is 2.53. The van der Waals surface area contributed by atoms with Gasteiger partial charge in [0.05, 0.1) is 51.7 Å². The summed E-state index contributed by atoms with van der Waals surface area (Å²) >= 11 is 0. The fourth-order valence-electron chi connectivity index (χ4n) is 4.38. The monoisotopic (exact) mass is 698 g/mol. The van der Waals surface area contributed by atoms with Crippen LogP contribution in [0, 0.1) is 17.2 Å². The van der Waals surface area contributed by atoms with Crippen molar-refractivity contribution >= 4 is 24.3 Å². The number of methoxy groups -OCH3 is 2. The number of nitrogens with two attached hydrogens (primary N) is 1. The highest BCUT2D eigenvalue weighted by atomic mass is 35.5. The molecule has 0 aromatic heterocycles. The highest BCUT2D eigenvalue weighted by Crippen LogP contribution is 2.31. The van der Waals surface area contributed by atoms with E-state index in [-0.39, 0.29) is 56.1 Å². The summed E-state index contributed by atoms with van der Waals surface area (Å²) in [6.45, 7) is 8.48. The molecule has 47 heavy (non-hydrogen) atoms. The Labute approximate surface area is 291 Å². The third-order valence-corrected chi connectivity index (χ3v) is 6.58. The van der Waals surface area contributed by atoms with E-state index in [2.05, 4.69) is 5.32 Å². The summed E-state index contributed by atoms with van der Waals surface area (Å²) in [5.74, 6) is 0.541. The zero-order chi connectivity index (χ0) is 33.6. The third kappa shape index (κ3) is 16.1. The van der Waals surface area contributed by atoms with E-state index in [1.807, 2.05) is 61.5 Å². The largest absolute Gasteiger partial charge is 1.00 e. The van der Waals surface area contributed by atoms with Crippen molar-refractivity contribution in [2.75, 3.05) is 40.6 Å². The van der Waals surface area contributed by atoms with Crippen molar-refractivity contribution in [3.8, 4) is 17.6 Å². The number of carbonyl (C=O) groups is 2. The Bertz CT molecular complexity index is 1260. The van der Waals surface area contributed by atoms with Gasteiger partial charge in [-0.3, -0.25) is 4.79 Å². The first-order chi connectivity index (χ1) is 21.7. The van der Waals surface area contributed by atoms with Crippen LogP contribution in [0.5, 0.6) is 11.5 Å². The molecule has 13 heteroatoms. The second-order valence-corrected chi connectivity index (χ2v) is 9.68. The van der Waals surface area contributed by atoms with Crippen molar-refractivity contribution in [2.45, 2.75) is 65.5 Å². The Morgan fingerprint density at radius 3 is 2.13 bits per heavy atom. The molecule has 1 heterocycles. The first kappa shape index (κ1) is 45.4. The van der Waals surface area contributed by atoms with Crippen LogP contribution < -0.4 is 32.9 Å². The number of hydrogen-bond donors (Lipinski definition) is 3. The maximum Gasteiger partial charge on any atom is 0.339 e. The maximum atomic E-state index is 12.0. The number of nitrogens with one attached hydrogen (secondary N) is 1. The molecule has 0 amide bonds. The van der Waals surface area contributed by atoms with E-state index >= 15 is 0 Å². The lowest BCUT2D eigenvalue weighted by Gasteiger charge is -2.28. The van der Waals surface area contributed by atoms with E-state index in [4.69, 9.17) is 39.8 Å². The summed E-state index contributed by atoms with van der Waals surface area (Å²) in [6, 6.07) is 17.2. The van der Waals surface area contributed by atoms with E-state index in [1.165, 1.54) is 0 Å². The van der Waals surface area contributed by atoms with Crippen molar-refractivity contribution in [1.29, 1.82) is 5.26 Å². The molecule has 0 fully saturated rings. The fraction of sp³-hybridized carbons (Fsp3) is 0.500.